The van der Waals surface area contributed by atoms with E-state index in [9.17, 15) is 0 Å². The van der Waals surface area contributed by atoms with E-state index in [-0.39, 0.29) is 0 Å². The Hall–Kier alpha value is -1.26. The summed E-state index contributed by atoms with van der Waals surface area (Å²) in [5.41, 5.74) is 2.47. The van der Waals surface area contributed by atoms with E-state index in [1.807, 2.05) is 12.4 Å². The van der Waals surface area contributed by atoms with E-state index in [2.05, 4.69) is 41.3 Å². The van der Waals surface area contributed by atoms with Gasteiger partial charge in [-0.15, -0.1) is 11.3 Å². The van der Waals surface area contributed by atoms with Gasteiger partial charge < -0.3 is 5.32 Å². The highest BCUT2D eigenvalue weighted by Crippen LogP contribution is 2.15. The van der Waals surface area contributed by atoms with Crippen LogP contribution >= 0.6 is 11.3 Å². The molecule has 0 aliphatic rings. The number of pyridine rings is 1. The molecule has 0 aliphatic carbocycles. The molecule has 2 heterocycles. The molecule has 90 valence electrons. The molecule has 2 aromatic rings. The molecule has 0 radical (unpaired) electrons. The first-order valence-corrected chi connectivity index (χ1v) is 6.60. The van der Waals surface area contributed by atoms with Crippen LogP contribution in [0.25, 0.3) is 0 Å². The van der Waals surface area contributed by atoms with Crippen LogP contribution in [0.1, 0.15) is 21.1 Å². The molecule has 2 rings (SSSR count). The maximum absolute atomic E-state index is 4.50. The molecular formula is C13H17N3S. The monoisotopic (exact) mass is 247 g/mol. The topological polar surface area (TPSA) is 37.8 Å². The van der Waals surface area contributed by atoms with Gasteiger partial charge in [-0.2, -0.15) is 0 Å². The molecule has 4 heteroatoms. The Bertz CT molecular complexity index is 445. The summed E-state index contributed by atoms with van der Waals surface area (Å²) >= 11 is 1.78. The summed E-state index contributed by atoms with van der Waals surface area (Å²) in [4.78, 5) is 9.82. The summed E-state index contributed by atoms with van der Waals surface area (Å²) in [5.74, 6) is 0. The first-order chi connectivity index (χ1) is 8.25. The second-order valence-corrected chi connectivity index (χ2v) is 5.32. The molecule has 17 heavy (non-hydrogen) atoms. The number of rotatable bonds is 5. The first-order valence-electron chi connectivity index (χ1n) is 5.78. The molecule has 0 atom stereocenters. The minimum atomic E-state index is 0.866. The normalized spacial score (nSPS) is 10.7. The van der Waals surface area contributed by atoms with E-state index in [1.165, 1.54) is 15.4 Å². The highest BCUT2D eigenvalue weighted by molar-refractivity contribution is 7.11. The fraction of sp³-hybridized carbons (Fsp3) is 0.385. The van der Waals surface area contributed by atoms with E-state index in [4.69, 9.17) is 0 Å². The predicted molar refractivity (Wildman–Crippen MR) is 71.2 cm³/mol. The van der Waals surface area contributed by atoms with Crippen molar-refractivity contribution >= 4 is 11.3 Å². The third kappa shape index (κ3) is 3.61. The van der Waals surface area contributed by atoms with Crippen LogP contribution in [0.5, 0.6) is 0 Å². The molecule has 0 aliphatic heterocycles. The lowest BCUT2D eigenvalue weighted by Gasteiger charge is -2.02. The number of hydrogen-bond acceptors (Lipinski definition) is 4. The molecule has 0 aromatic carbocycles. The minimum absolute atomic E-state index is 0.866. The van der Waals surface area contributed by atoms with Crippen LogP contribution < -0.4 is 5.32 Å². The van der Waals surface area contributed by atoms with Crippen molar-refractivity contribution in [2.75, 3.05) is 6.54 Å². The summed E-state index contributed by atoms with van der Waals surface area (Å²) in [6, 6.07) is 4.11. The van der Waals surface area contributed by atoms with E-state index < -0.39 is 0 Å². The van der Waals surface area contributed by atoms with Crippen LogP contribution in [0.2, 0.25) is 0 Å². The van der Waals surface area contributed by atoms with Crippen molar-refractivity contribution in [3.8, 4) is 0 Å². The molecule has 0 bridgehead atoms. The minimum Gasteiger partial charge on any atom is -0.310 e. The summed E-state index contributed by atoms with van der Waals surface area (Å²) in [6.45, 7) is 6.02. The Labute approximate surface area is 106 Å². The SMILES string of the molecule is Cc1nc(CNCCc2ccncc2)sc1C. The molecule has 0 amide bonds. The van der Waals surface area contributed by atoms with Gasteiger partial charge in [0.2, 0.25) is 0 Å². The van der Waals surface area contributed by atoms with Gasteiger partial charge in [0, 0.05) is 23.8 Å². The van der Waals surface area contributed by atoms with Crippen molar-refractivity contribution in [2.24, 2.45) is 0 Å². The zero-order valence-electron chi connectivity index (χ0n) is 10.2. The largest absolute Gasteiger partial charge is 0.310 e. The zero-order valence-corrected chi connectivity index (χ0v) is 11.0. The van der Waals surface area contributed by atoms with E-state index in [0.717, 1.165) is 25.2 Å². The average Bonchev–Trinajstić information content (AvgIpc) is 2.66. The standard InChI is InChI=1S/C13H17N3S/c1-10-11(2)17-13(16-10)9-15-8-5-12-3-6-14-7-4-12/h3-4,6-7,15H,5,8-9H2,1-2H3. The smallest absolute Gasteiger partial charge is 0.107 e. The molecule has 0 saturated heterocycles. The predicted octanol–water partition coefficient (Wildman–Crippen LogP) is 2.49. The third-order valence-corrected chi connectivity index (χ3v) is 3.76. The van der Waals surface area contributed by atoms with E-state index in [1.54, 1.807) is 11.3 Å². The van der Waals surface area contributed by atoms with Crippen LogP contribution in [0.3, 0.4) is 0 Å². The van der Waals surface area contributed by atoms with E-state index in [0.29, 0.717) is 0 Å². The lowest BCUT2D eigenvalue weighted by atomic mass is 10.2. The van der Waals surface area contributed by atoms with Crippen molar-refractivity contribution < 1.29 is 0 Å². The molecule has 0 saturated carbocycles. The van der Waals surface area contributed by atoms with Crippen molar-refractivity contribution in [1.82, 2.24) is 15.3 Å². The lowest BCUT2D eigenvalue weighted by Crippen LogP contribution is -2.16. The van der Waals surface area contributed by atoms with Gasteiger partial charge in [0.1, 0.15) is 5.01 Å². The molecule has 0 fully saturated rings. The van der Waals surface area contributed by atoms with Crippen LogP contribution in [-0.4, -0.2) is 16.5 Å². The van der Waals surface area contributed by atoms with Gasteiger partial charge in [-0.1, -0.05) is 0 Å². The van der Waals surface area contributed by atoms with Gasteiger partial charge in [-0.05, 0) is 44.5 Å². The van der Waals surface area contributed by atoms with Crippen molar-refractivity contribution in [3.05, 3.63) is 45.7 Å². The quantitative estimate of drug-likeness (QED) is 0.825. The molecule has 0 unspecified atom stereocenters. The number of nitrogens with zero attached hydrogens (tertiary/aromatic N) is 2. The van der Waals surface area contributed by atoms with Crippen molar-refractivity contribution in [1.29, 1.82) is 0 Å². The van der Waals surface area contributed by atoms with Gasteiger partial charge in [0.15, 0.2) is 0 Å². The van der Waals surface area contributed by atoms with Crippen molar-refractivity contribution in [2.45, 2.75) is 26.8 Å². The molecule has 0 spiro atoms. The maximum atomic E-state index is 4.50. The van der Waals surface area contributed by atoms with Gasteiger partial charge in [0.25, 0.3) is 0 Å². The average molecular weight is 247 g/mol. The molecule has 3 nitrogen and oxygen atoms in total. The second kappa shape index (κ2) is 5.89. The zero-order chi connectivity index (χ0) is 12.1. The Balaban J connectivity index is 1.73. The second-order valence-electron chi connectivity index (χ2n) is 4.03. The van der Waals surface area contributed by atoms with Crippen LogP contribution in [0.15, 0.2) is 24.5 Å². The van der Waals surface area contributed by atoms with Crippen LogP contribution in [0, 0.1) is 13.8 Å². The van der Waals surface area contributed by atoms with Gasteiger partial charge in [-0.3, -0.25) is 4.98 Å². The van der Waals surface area contributed by atoms with Gasteiger partial charge >= 0.3 is 0 Å². The Kier molecular flexibility index (Phi) is 4.23. The van der Waals surface area contributed by atoms with Crippen LogP contribution in [0.4, 0.5) is 0 Å². The number of thiazole rings is 1. The fourth-order valence-electron chi connectivity index (χ4n) is 1.59. The molecule has 1 N–H and O–H groups in total. The number of hydrogen-bond donors (Lipinski definition) is 1. The highest BCUT2D eigenvalue weighted by atomic mass is 32.1. The van der Waals surface area contributed by atoms with Gasteiger partial charge in [-0.25, -0.2) is 4.98 Å². The van der Waals surface area contributed by atoms with E-state index >= 15 is 0 Å². The fourth-order valence-corrected chi connectivity index (χ4v) is 2.50. The third-order valence-electron chi connectivity index (χ3n) is 2.69. The summed E-state index contributed by atoms with van der Waals surface area (Å²) < 4.78 is 0. The lowest BCUT2D eigenvalue weighted by molar-refractivity contribution is 0.682. The van der Waals surface area contributed by atoms with Crippen molar-refractivity contribution in [3.63, 3.8) is 0 Å². The number of aryl methyl sites for hydroxylation is 2. The summed E-state index contributed by atoms with van der Waals surface area (Å²) in [5, 5.41) is 4.59. The van der Waals surface area contributed by atoms with Crippen LogP contribution in [-0.2, 0) is 13.0 Å². The van der Waals surface area contributed by atoms with Gasteiger partial charge in [0.05, 0.1) is 5.69 Å². The number of nitrogens with one attached hydrogen (secondary N) is 1. The summed E-state index contributed by atoms with van der Waals surface area (Å²) in [6.07, 6.45) is 4.71. The Morgan fingerprint density at radius 2 is 2.00 bits per heavy atom. The first kappa shape index (κ1) is 12.2. The highest BCUT2D eigenvalue weighted by Gasteiger charge is 2.02. The molecular weight excluding hydrogens is 230 g/mol. The molecule has 2 aromatic heterocycles. The Morgan fingerprint density at radius 3 is 2.65 bits per heavy atom. The number of aromatic nitrogens is 2. The Morgan fingerprint density at radius 1 is 1.24 bits per heavy atom. The maximum Gasteiger partial charge on any atom is 0.107 e. The summed E-state index contributed by atoms with van der Waals surface area (Å²) in [7, 11) is 0.